The smallest absolute Gasteiger partial charge is 0.145 e. The molecule has 1 aliphatic rings. The second kappa shape index (κ2) is 4.95. The fourth-order valence-corrected chi connectivity index (χ4v) is 2.82. The molecule has 0 amide bonds. The van der Waals surface area contributed by atoms with Crippen molar-refractivity contribution in [1.29, 1.82) is 0 Å². The van der Waals surface area contributed by atoms with Gasteiger partial charge in [-0.2, -0.15) is 0 Å². The van der Waals surface area contributed by atoms with E-state index >= 15 is 0 Å². The highest BCUT2D eigenvalue weighted by atomic mass is 19.1. The number of rotatable bonds is 2. The minimum absolute atomic E-state index is 0.221. The van der Waals surface area contributed by atoms with Gasteiger partial charge in [0.05, 0.1) is 12.2 Å². The first kappa shape index (κ1) is 13.7. The number of benzene rings is 2. The van der Waals surface area contributed by atoms with Gasteiger partial charge in [-0.25, -0.2) is 4.39 Å². The summed E-state index contributed by atoms with van der Waals surface area (Å²) in [5.74, 6) is 0.559. The Morgan fingerprint density at radius 1 is 1.24 bits per heavy atom. The Morgan fingerprint density at radius 2 is 2.00 bits per heavy atom. The fourth-order valence-electron chi connectivity index (χ4n) is 2.82. The summed E-state index contributed by atoms with van der Waals surface area (Å²) in [6, 6.07) is 12.3. The molecule has 21 heavy (non-hydrogen) atoms. The lowest BCUT2D eigenvalue weighted by molar-refractivity contribution is 0.105. The molecule has 1 aliphatic heterocycles. The fraction of sp³-hybridized carbons (Fsp3) is 0.294. The number of halogens is 1. The third-order valence-electron chi connectivity index (χ3n) is 3.57. The van der Waals surface area contributed by atoms with Gasteiger partial charge in [0, 0.05) is 6.54 Å². The van der Waals surface area contributed by atoms with Gasteiger partial charge < -0.3 is 15.4 Å². The van der Waals surface area contributed by atoms with Gasteiger partial charge in [0.25, 0.3) is 0 Å². The van der Waals surface area contributed by atoms with Gasteiger partial charge in [-0.15, -0.1) is 0 Å². The first-order valence-electron chi connectivity index (χ1n) is 7.01. The van der Waals surface area contributed by atoms with E-state index in [0.717, 1.165) is 17.0 Å². The van der Waals surface area contributed by atoms with Crippen molar-refractivity contribution in [3.05, 3.63) is 53.8 Å². The van der Waals surface area contributed by atoms with Crippen LogP contribution in [0.3, 0.4) is 0 Å². The molecule has 110 valence electrons. The minimum Gasteiger partial charge on any atom is -0.484 e. The number of hydrogen-bond donors (Lipinski definition) is 1. The van der Waals surface area contributed by atoms with Crippen LogP contribution in [0.5, 0.6) is 5.75 Å². The van der Waals surface area contributed by atoms with E-state index in [1.807, 2.05) is 38.1 Å². The standard InChI is InChI=1S/C17H19FN2O/c1-17(2)11-20(10-12-5-3-6-13(18)9-12)16-14(19)7-4-8-15(16)21-17/h3-9H,10-11,19H2,1-2H3. The number of para-hydroxylation sites is 1. The summed E-state index contributed by atoms with van der Waals surface area (Å²) in [4.78, 5) is 2.16. The predicted molar refractivity (Wildman–Crippen MR) is 83.0 cm³/mol. The summed E-state index contributed by atoms with van der Waals surface area (Å²) in [5.41, 5.74) is 8.29. The number of anilines is 2. The molecule has 4 heteroatoms. The van der Waals surface area contributed by atoms with Crippen molar-refractivity contribution in [2.45, 2.75) is 26.0 Å². The van der Waals surface area contributed by atoms with Gasteiger partial charge in [-0.1, -0.05) is 18.2 Å². The molecule has 3 rings (SSSR count). The van der Waals surface area contributed by atoms with E-state index in [-0.39, 0.29) is 11.4 Å². The molecule has 0 fully saturated rings. The largest absolute Gasteiger partial charge is 0.484 e. The van der Waals surface area contributed by atoms with Gasteiger partial charge in [0.15, 0.2) is 0 Å². The molecule has 0 atom stereocenters. The molecule has 0 spiro atoms. The highest BCUT2D eigenvalue weighted by Gasteiger charge is 2.32. The summed E-state index contributed by atoms with van der Waals surface area (Å²) in [7, 11) is 0. The van der Waals surface area contributed by atoms with E-state index in [4.69, 9.17) is 10.5 Å². The lowest BCUT2D eigenvalue weighted by atomic mass is 10.0. The van der Waals surface area contributed by atoms with E-state index < -0.39 is 0 Å². The second-order valence-electron chi connectivity index (χ2n) is 6.04. The molecule has 0 aliphatic carbocycles. The number of fused-ring (bicyclic) bond motifs is 1. The molecule has 0 bridgehead atoms. The number of ether oxygens (including phenoxy) is 1. The third kappa shape index (κ3) is 2.79. The third-order valence-corrected chi connectivity index (χ3v) is 3.57. The molecule has 3 nitrogen and oxygen atoms in total. The van der Waals surface area contributed by atoms with Crippen molar-refractivity contribution in [2.24, 2.45) is 0 Å². The van der Waals surface area contributed by atoms with Gasteiger partial charge in [0.2, 0.25) is 0 Å². The molecule has 1 heterocycles. The topological polar surface area (TPSA) is 38.5 Å². The Bertz CT molecular complexity index is 670. The highest BCUT2D eigenvalue weighted by Crippen LogP contribution is 2.41. The SMILES string of the molecule is CC1(C)CN(Cc2cccc(F)c2)c2c(N)cccc2O1. The molecular weight excluding hydrogens is 267 g/mol. The Balaban J connectivity index is 1.98. The summed E-state index contributed by atoms with van der Waals surface area (Å²) in [6.07, 6.45) is 0. The molecule has 2 aromatic carbocycles. The molecule has 2 aromatic rings. The summed E-state index contributed by atoms with van der Waals surface area (Å²) >= 11 is 0. The molecular formula is C17H19FN2O. The Morgan fingerprint density at radius 3 is 2.76 bits per heavy atom. The lowest BCUT2D eigenvalue weighted by Crippen LogP contribution is -2.46. The maximum Gasteiger partial charge on any atom is 0.145 e. The summed E-state index contributed by atoms with van der Waals surface area (Å²) in [6.45, 7) is 5.38. The molecule has 0 saturated carbocycles. The van der Waals surface area contributed by atoms with Crippen molar-refractivity contribution in [2.75, 3.05) is 17.2 Å². The number of nitrogen functional groups attached to an aromatic ring is 1. The first-order valence-corrected chi connectivity index (χ1v) is 7.01. The van der Waals surface area contributed by atoms with Crippen LogP contribution in [0, 0.1) is 5.82 Å². The van der Waals surface area contributed by atoms with Crippen LogP contribution in [-0.2, 0) is 6.54 Å². The van der Waals surface area contributed by atoms with Crippen molar-refractivity contribution in [3.63, 3.8) is 0 Å². The van der Waals surface area contributed by atoms with Crippen molar-refractivity contribution >= 4 is 11.4 Å². The van der Waals surface area contributed by atoms with Crippen LogP contribution in [-0.4, -0.2) is 12.1 Å². The number of hydrogen-bond acceptors (Lipinski definition) is 3. The average Bonchev–Trinajstić information content (AvgIpc) is 2.36. The predicted octanol–water partition coefficient (Wildman–Crippen LogP) is 3.59. The van der Waals surface area contributed by atoms with E-state index in [0.29, 0.717) is 18.8 Å². The zero-order valence-corrected chi connectivity index (χ0v) is 12.3. The first-order chi connectivity index (χ1) is 9.94. The molecule has 0 aromatic heterocycles. The van der Waals surface area contributed by atoms with Crippen LogP contribution in [0.15, 0.2) is 42.5 Å². The maximum atomic E-state index is 13.4. The van der Waals surface area contributed by atoms with Gasteiger partial charge in [-0.05, 0) is 43.7 Å². The van der Waals surface area contributed by atoms with Crippen LogP contribution in [0.2, 0.25) is 0 Å². The maximum absolute atomic E-state index is 13.4. The van der Waals surface area contributed by atoms with Crippen LogP contribution >= 0.6 is 0 Å². The number of nitrogens with zero attached hydrogens (tertiary/aromatic N) is 1. The van der Waals surface area contributed by atoms with Crippen LogP contribution < -0.4 is 15.4 Å². The summed E-state index contributed by atoms with van der Waals surface area (Å²) in [5, 5.41) is 0. The average molecular weight is 286 g/mol. The Labute approximate surface area is 124 Å². The molecule has 2 N–H and O–H groups in total. The zero-order chi connectivity index (χ0) is 15.0. The van der Waals surface area contributed by atoms with Crippen molar-refractivity contribution < 1.29 is 9.13 Å². The normalized spacial score (nSPS) is 16.2. The Hall–Kier alpha value is -2.23. The monoisotopic (exact) mass is 286 g/mol. The molecule has 0 unspecified atom stereocenters. The van der Waals surface area contributed by atoms with Crippen LogP contribution in [0.25, 0.3) is 0 Å². The van der Waals surface area contributed by atoms with Gasteiger partial charge in [-0.3, -0.25) is 0 Å². The second-order valence-corrected chi connectivity index (χ2v) is 6.04. The van der Waals surface area contributed by atoms with E-state index in [9.17, 15) is 4.39 Å². The van der Waals surface area contributed by atoms with Crippen LogP contribution in [0.1, 0.15) is 19.4 Å². The van der Waals surface area contributed by atoms with Gasteiger partial charge >= 0.3 is 0 Å². The van der Waals surface area contributed by atoms with Gasteiger partial charge in [0.1, 0.15) is 22.9 Å². The van der Waals surface area contributed by atoms with Crippen molar-refractivity contribution in [1.82, 2.24) is 0 Å². The van der Waals surface area contributed by atoms with Crippen LogP contribution in [0.4, 0.5) is 15.8 Å². The van der Waals surface area contributed by atoms with E-state index in [2.05, 4.69) is 4.90 Å². The zero-order valence-electron chi connectivity index (χ0n) is 12.3. The lowest BCUT2D eigenvalue weighted by Gasteiger charge is -2.41. The van der Waals surface area contributed by atoms with Crippen molar-refractivity contribution in [3.8, 4) is 5.75 Å². The quantitative estimate of drug-likeness (QED) is 0.857. The minimum atomic E-state index is -0.311. The number of nitrogens with two attached hydrogens (primary N) is 1. The van der Waals surface area contributed by atoms with E-state index in [1.165, 1.54) is 6.07 Å². The Kier molecular flexibility index (Phi) is 3.24. The molecule has 0 saturated heterocycles. The summed E-state index contributed by atoms with van der Waals surface area (Å²) < 4.78 is 19.4. The molecule has 0 radical (unpaired) electrons. The van der Waals surface area contributed by atoms with E-state index in [1.54, 1.807) is 12.1 Å². The highest BCUT2D eigenvalue weighted by molar-refractivity contribution is 5.76.